The third kappa shape index (κ3) is 1.88. The number of aryl methyl sites for hydroxylation is 2. The number of amides is 2. The van der Waals surface area contributed by atoms with Gasteiger partial charge in [0.1, 0.15) is 11.9 Å². The zero-order valence-corrected chi connectivity index (χ0v) is 11.3. The molecule has 4 nitrogen and oxygen atoms in total. The van der Waals surface area contributed by atoms with E-state index in [4.69, 9.17) is 5.73 Å². The van der Waals surface area contributed by atoms with E-state index in [1.54, 1.807) is 4.90 Å². The van der Waals surface area contributed by atoms with E-state index in [9.17, 15) is 4.79 Å². The standard InChI is InChI=1S/C14H19N3O/c1-8(2)17-12(13(15)16-14(17)18)11-9(3)6-5-7-10(11)4/h5-8,12H,1-4H3,(H2,15,16,18). The van der Waals surface area contributed by atoms with E-state index in [1.165, 1.54) is 0 Å². The second kappa shape index (κ2) is 4.44. The number of amidine groups is 1. The molecule has 0 saturated heterocycles. The van der Waals surface area contributed by atoms with Crippen molar-refractivity contribution in [2.45, 2.75) is 39.8 Å². The maximum atomic E-state index is 11.9. The largest absolute Gasteiger partial charge is 0.385 e. The maximum absolute atomic E-state index is 11.9. The summed E-state index contributed by atoms with van der Waals surface area (Å²) in [5.41, 5.74) is 9.33. The Labute approximate surface area is 108 Å². The molecule has 1 heterocycles. The maximum Gasteiger partial charge on any atom is 0.346 e. The average Bonchev–Trinajstić information content (AvgIpc) is 2.54. The van der Waals surface area contributed by atoms with Crippen LogP contribution in [0.4, 0.5) is 4.79 Å². The van der Waals surface area contributed by atoms with Gasteiger partial charge in [-0.25, -0.2) is 4.79 Å². The van der Waals surface area contributed by atoms with Gasteiger partial charge in [0, 0.05) is 6.04 Å². The van der Waals surface area contributed by atoms with Crippen LogP contribution in [-0.4, -0.2) is 22.8 Å². The van der Waals surface area contributed by atoms with Crippen molar-refractivity contribution < 1.29 is 4.79 Å². The molecule has 1 unspecified atom stereocenters. The van der Waals surface area contributed by atoms with Gasteiger partial charge in [-0.2, -0.15) is 4.99 Å². The summed E-state index contributed by atoms with van der Waals surface area (Å²) in [7, 11) is 0. The molecule has 4 heteroatoms. The summed E-state index contributed by atoms with van der Waals surface area (Å²) in [5.74, 6) is 0.395. The van der Waals surface area contributed by atoms with E-state index in [1.807, 2.05) is 45.9 Å². The second-order valence-corrected chi connectivity index (χ2v) is 5.03. The number of urea groups is 1. The van der Waals surface area contributed by atoms with Crippen molar-refractivity contribution in [1.82, 2.24) is 4.90 Å². The van der Waals surface area contributed by atoms with Gasteiger partial charge in [0.2, 0.25) is 0 Å². The van der Waals surface area contributed by atoms with Crippen LogP contribution in [0.5, 0.6) is 0 Å². The lowest BCUT2D eigenvalue weighted by Crippen LogP contribution is -2.38. The van der Waals surface area contributed by atoms with E-state index in [0.717, 1.165) is 16.7 Å². The molecule has 18 heavy (non-hydrogen) atoms. The Morgan fingerprint density at radius 2 is 1.83 bits per heavy atom. The predicted molar refractivity (Wildman–Crippen MR) is 72.7 cm³/mol. The number of rotatable bonds is 2. The quantitative estimate of drug-likeness (QED) is 0.870. The highest BCUT2D eigenvalue weighted by Gasteiger charge is 2.37. The van der Waals surface area contributed by atoms with Crippen molar-refractivity contribution in [3.63, 3.8) is 0 Å². The smallest absolute Gasteiger partial charge is 0.346 e. The highest BCUT2D eigenvalue weighted by Crippen LogP contribution is 2.32. The van der Waals surface area contributed by atoms with Crippen LogP contribution in [0.25, 0.3) is 0 Å². The first-order valence-corrected chi connectivity index (χ1v) is 6.16. The minimum absolute atomic E-state index is 0.0753. The van der Waals surface area contributed by atoms with Crippen LogP contribution in [0.3, 0.4) is 0 Å². The molecule has 0 radical (unpaired) electrons. The topological polar surface area (TPSA) is 58.7 Å². The van der Waals surface area contributed by atoms with Gasteiger partial charge >= 0.3 is 6.03 Å². The monoisotopic (exact) mass is 245 g/mol. The molecule has 1 atom stereocenters. The fraction of sp³-hybridized carbons (Fsp3) is 0.429. The number of hydrogen-bond donors (Lipinski definition) is 1. The summed E-state index contributed by atoms with van der Waals surface area (Å²) in [5, 5.41) is 0. The van der Waals surface area contributed by atoms with E-state index >= 15 is 0 Å². The lowest BCUT2D eigenvalue weighted by molar-refractivity contribution is 0.190. The molecule has 1 aromatic rings. The SMILES string of the molecule is Cc1cccc(C)c1C1C(N)=NC(=O)N1C(C)C. The number of nitrogens with zero attached hydrogens (tertiary/aromatic N) is 2. The van der Waals surface area contributed by atoms with Gasteiger partial charge in [-0.1, -0.05) is 18.2 Å². The molecule has 0 spiro atoms. The molecule has 2 rings (SSSR count). The zero-order valence-electron chi connectivity index (χ0n) is 11.3. The summed E-state index contributed by atoms with van der Waals surface area (Å²) >= 11 is 0. The molecule has 0 fully saturated rings. The van der Waals surface area contributed by atoms with Gasteiger partial charge in [0.15, 0.2) is 0 Å². The lowest BCUT2D eigenvalue weighted by Gasteiger charge is -2.30. The van der Waals surface area contributed by atoms with Crippen molar-refractivity contribution in [1.29, 1.82) is 0 Å². The van der Waals surface area contributed by atoms with Gasteiger partial charge in [0.25, 0.3) is 0 Å². The summed E-state index contributed by atoms with van der Waals surface area (Å²) in [4.78, 5) is 17.5. The van der Waals surface area contributed by atoms with Crippen LogP contribution >= 0.6 is 0 Å². The first kappa shape index (κ1) is 12.6. The molecule has 0 saturated carbocycles. The van der Waals surface area contributed by atoms with Crippen LogP contribution in [0, 0.1) is 13.8 Å². The minimum Gasteiger partial charge on any atom is -0.385 e. The molecule has 0 aliphatic carbocycles. The molecule has 0 aromatic heterocycles. The van der Waals surface area contributed by atoms with Crippen LogP contribution in [0.15, 0.2) is 23.2 Å². The van der Waals surface area contributed by atoms with Crippen molar-refractivity contribution in [3.8, 4) is 0 Å². The Morgan fingerprint density at radius 3 is 2.33 bits per heavy atom. The van der Waals surface area contributed by atoms with E-state index in [2.05, 4.69) is 4.99 Å². The summed E-state index contributed by atoms with van der Waals surface area (Å²) in [6.07, 6.45) is 0. The summed E-state index contributed by atoms with van der Waals surface area (Å²) in [6.45, 7) is 8.03. The highest BCUT2D eigenvalue weighted by molar-refractivity contribution is 6.03. The average molecular weight is 245 g/mol. The fourth-order valence-electron chi connectivity index (χ4n) is 2.55. The first-order chi connectivity index (χ1) is 8.43. The van der Waals surface area contributed by atoms with E-state index in [0.29, 0.717) is 5.84 Å². The van der Waals surface area contributed by atoms with E-state index in [-0.39, 0.29) is 18.1 Å². The minimum atomic E-state index is -0.241. The van der Waals surface area contributed by atoms with Crippen molar-refractivity contribution in [2.75, 3.05) is 0 Å². The molecular weight excluding hydrogens is 226 g/mol. The molecule has 96 valence electrons. The van der Waals surface area contributed by atoms with Gasteiger partial charge in [-0.3, -0.25) is 0 Å². The number of hydrogen-bond acceptors (Lipinski definition) is 2. The van der Waals surface area contributed by atoms with Gasteiger partial charge in [-0.15, -0.1) is 0 Å². The number of carbonyl (C=O) groups is 1. The van der Waals surface area contributed by atoms with Crippen LogP contribution in [0.2, 0.25) is 0 Å². The Kier molecular flexibility index (Phi) is 3.11. The number of aliphatic imine (C=N–C) groups is 1. The Balaban J connectivity index is 2.55. The third-order valence-corrected chi connectivity index (χ3v) is 3.38. The van der Waals surface area contributed by atoms with Crippen LogP contribution in [-0.2, 0) is 0 Å². The molecule has 0 bridgehead atoms. The predicted octanol–water partition coefficient (Wildman–Crippen LogP) is 2.55. The van der Waals surface area contributed by atoms with Crippen molar-refractivity contribution in [3.05, 3.63) is 34.9 Å². The van der Waals surface area contributed by atoms with Crippen LogP contribution in [0.1, 0.15) is 36.6 Å². The first-order valence-electron chi connectivity index (χ1n) is 6.16. The summed E-state index contributed by atoms with van der Waals surface area (Å²) in [6, 6.07) is 5.70. The zero-order chi connectivity index (χ0) is 13.4. The number of nitrogens with two attached hydrogens (primary N) is 1. The van der Waals surface area contributed by atoms with Gasteiger partial charge < -0.3 is 10.6 Å². The lowest BCUT2D eigenvalue weighted by atomic mass is 9.94. The normalized spacial score (nSPS) is 19.6. The molecule has 1 aromatic carbocycles. The molecular formula is C14H19N3O. The van der Waals surface area contributed by atoms with Gasteiger partial charge in [0.05, 0.1) is 0 Å². The number of benzene rings is 1. The molecule has 2 amide bonds. The van der Waals surface area contributed by atoms with Crippen molar-refractivity contribution >= 4 is 11.9 Å². The molecule has 2 N–H and O–H groups in total. The highest BCUT2D eigenvalue weighted by atomic mass is 16.2. The molecule has 1 aliphatic heterocycles. The van der Waals surface area contributed by atoms with E-state index < -0.39 is 0 Å². The number of carbonyl (C=O) groups excluding carboxylic acids is 1. The summed E-state index contributed by atoms with van der Waals surface area (Å²) < 4.78 is 0. The Hall–Kier alpha value is -1.84. The van der Waals surface area contributed by atoms with Crippen LogP contribution < -0.4 is 5.73 Å². The fourth-order valence-corrected chi connectivity index (χ4v) is 2.55. The molecule has 1 aliphatic rings. The van der Waals surface area contributed by atoms with Gasteiger partial charge in [-0.05, 0) is 44.4 Å². The van der Waals surface area contributed by atoms with Crippen molar-refractivity contribution in [2.24, 2.45) is 10.7 Å². The Bertz CT molecular complexity index is 500. The third-order valence-electron chi connectivity index (χ3n) is 3.38. The second-order valence-electron chi connectivity index (χ2n) is 5.03. The Morgan fingerprint density at radius 1 is 1.28 bits per heavy atom.